The number of halogens is 3. The molecule has 1 rings (SSSR count). The standard InChI is InChI=1S/C15H20BrCl2NO2/c1-3-12(19)5-10-6-13(16)15(14(7-10)20-4-2)21-9-11(18)8-17/h6-8,12H,3-5,9,19H2,1-2H3. The monoisotopic (exact) mass is 395 g/mol. The zero-order valence-corrected chi connectivity index (χ0v) is 15.3. The molecular weight excluding hydrogens is 377 g/mol. The van der Waals surface area contributed by atoms with Gasteiger partial charge in [-0.15, -0.1) is 0 Å². The molecule has 0 amide bonds. The highest BCUT2D eigenvalue weighted by molar-refractivity contribution is 9.10. The van der Waals surface area contributed by atoms with Crippen LogP contribution in [0.2, 0.25) is 0 Å². The van der Waals surface area contributed by atoms with Crippen LogP contribution >= 0.6 is 39.1 Å². The van der Waals surface area contributed by atoms with Crippen LogP contribution in [0, 0.1) is 0 Å². The van der Waals surface area contributed by atoms with E-state index < -0.39 is 0 Å². The third-order valence-corrected chi connectivity index (χ3v) is 4.05. The van der Waals surface area contributed by atoms with Crippen LogP contribution in [0.1, 0.15) is 25.8 Å². The fourth-order valence-electron chi connectivity index (χ4n) is 1.76. The van der Waals surface area contributed by atoms with Crippen molar-refractivity contribution in [2.45, 2.75) is 32.7 Å². The lowest BCUT2D eigenvalue weighted by molar-refractivity contribution is 0.293. The lowest BCUT2D eigenvalue weighted by Crippen LogP contribution is -2.21. The maximum atomic E-state index is 6.01. The molecule has 1 atom stereocenters. The second-order valence-electron chi connectivity index (χ2n) is 4.56. The molecule has 2 N–H and O–H groups in total. The molecule has 1 aromatic carbocycles. The van der Waals surface area contributed by atoms with E-state index in [0.717, 1.165) is 22.9 Å². The van der Waals surface area contributed by atoms with Gasteiger partial charge in [0, 0.05) is 11.6 Å². The molecule has 0 radical (unpaired) electrons. The summed E-state index contributed by atoms with van der Waals surface area (Å²) in [6, 6.07) is 4.08. The largest absolute Gasteiger partial charge is 0.490 e. The lowest BCUT2D eigenvalue weighted by atomic mass is 10.0. The molecule has 0 spiro atoms. The number of ether oxygens (including phenoxy) is 2. The highest BCUT2D eigenvalue weighted by Gasteiger charge is 2.14. The van der Waals surface area contributed by atoms with Gasteiger partial charge in [0.2, 0.25) is 0 Å². The van der Waals surface area contributed by atoms with Gasteiger partial charge in [0.15, 0.2) is 11.5 Å². The van der Waals surface area contributed by atoms with Gasteiger partial charge < -0.3 is 15.2 Å². The summed E-state index contributed by atoms with van der Waals surface area (Å²) in [5.41, 5.74) is 8.39. The van der Waals surface area contributed by atoms with E-state index in [2.05, 4.69) is 22.9 Å². The molecule has 1 unspecified atom stereocenters. The van der Waals surface area contributed by atoms with Gasteiger partial charge in [-0.3, -0.25) is 0 Å². The van der Waals surface area contributed by atoms with Crippen LogP contribution in [0.25, 0.3) is 0 Å². The Morgan fingerprint density at radius 1 is 1.38 bits per heavy atom. The Bertz CT molecular complexity index is 495. The fraction of sp³-hybridized carbons (Fsp3) is 0.467. The molecule has 0 saturated carbocycles. The van der Waals surface area contributed by atoms with Gasteiger partial charge in [-0.25, -0.2) is 0 Å². The van der Waals surface area contributed by atoms with Crippen LogP contribution in [-0.4, -0.2) is 19.3 Å². The van der Waals surface area contributed by atoms with E-state index >= 15 is 0 Å². The summed E-state index contributed by atoms with van der Waals surface area (Å²) in [7, 11) is 0. The molecule has 0 aliphatic carbocycles. The molecule has 3 nitrogen and oxygen atoms in total. The summed E-state index contributed by atoms with van der Waals surface area (Å²) in [5.74, 6) is 1.28. The van der Waals surface area contributed by atoms with Crippen LogP contribution < -0.4 is 15.2 Å². The summed E-state index contributed by atoms with van der Waals surface area (Å²) >= 11 is 14.9. The molecule has 0 aromatic heterocycles. The third kappa shape index (κ3) is 6.07. The number of rotatable bonds is 8. The van der Waals surface area contributed by atoms with Crippen molar-refractivity contribution in [1.82, 2.24) is 0 Å². The summed E-state index contributed by atoms with van der Waals surface area (Å²) < 4.78 is 12.1. The normalized spacial score (nSPS) is 13.1. The van der Waals surface area contributed by atoms with Gasteiger partial charge in [0.25, 0.3) is 0 Å². The number of hydrogen-bond donors (Lipinski definition) is 1. The lowest BCUT2D eigenvalue weighted by Gasteiger charge is -2.16. The summed E-state index contributed by atoms with van der Waals surface area (Å²) in [4.78, 5) is 0. The van der Waals surface area contributed by atoms with Crippen molar-refractivity contribution in [3.8, 4) is 11.5 Å². The fourth-order valence-corrected chi connectivity index (χ4v) is 2.48. The molecule has 0 saturated heterocycles. The Labute approximate surface area is 144 Å². The summed E-state index contributed by atoms with van der Waals surface area (Å²) in [6.45, 7) is 4.73. The molecule has 118 valence electrons. The predicted molar refractivity (Wildman–Crippen MR) is 92.6 cm³/mol. The molecule has 0 heterocycles. The molecule has 0 aliphatic heterocycles. The first-order chi connectivity index (χ1) is 10.0. The van der Waals surface area contributed by atoms with E-state index in [-0.39, 0.29) is 12.6 Å². The second-order valence-corrected chi connectivity index (χ2v) is 6.11. The average molecular weight is 397 g/mol. The molecule has 6 heteroatoms. The quantitative estimate of drug-likeness (QED) is 0.684. The highest BCUT2D eigenvalue weighted by Crippen LogP contribution is 2.37. The van der Waals surface area contributed by atoms with Crippen molar-refractivity contribution < 1.29 is 9.47 Å². The zero-order chi connectivity index (χ0) is 15.8. The Morgan fingerprint density at radius 2 is 2.10 bits per heavy atom. The van der Waals surface area contributed by atoms with Crippen molar-refractivity contribution in [2.75, 3.05) is 13.2 Å². The first kappa shape index (κ1) is 18.6. The summed E-state index contributed by atoms with van der Waals surface area (Å²) in [5, 5.41) is 0.420. The first-order valence-electron chi connectivity index (χ1n) is 6.80. The minimum atomic E-state index is 0.131. The molecule has 0 fully saturated rings. The topological polar surface area (TPSA) is 44.5 Å². The van der Waals surface area contributed by atoms with E-state index in [4.69, 9.17) is 38.4 Å². The summed E-state index contributed by atoms with van der Waals surface area (Å²) in [6.07, 6.45) is 1.72. The molecule has 0 bridgehead atoms. The predicted octanol–water partition coefficient (Wildman–Crippen LogP) is 4.83. The van der Waals surface area contributed by atoms with Crippen LogP contribution in [-0.2, 0) is 6.42 Å². The minimum absolute atomic E-state index is 0.131. The molecule has 0 aliphatic rings. The van der Waals surface area contributed by atoms with Crippen molar-refractivity contribution in [3.63, 3.8) is 0 Å². The van der Waals surface area contributed by atoms with Gasteiger partial charge in [-0.2, -0.15) is 0 Å². The van der Waals surface area contributed by atoms with Crippen LogP contribution in [0.4, 0.5) is 0 Å². The zero-order valence-electron chi connectivity index (χ0n) is 12.2. The number of benzene rings is 1. The maximum Gasteiger partial charge on any atom is 0.175 e. The van der Waals surface area contributed by atoms with Crippen molar-refractivity contribution in [3.05, 3.63) is 32.7 Å². The molecule has 21 heavy (non-hydrogen) atoms. The van der Waals surface area contributed by atoms with Crippen molar-refractivity contribution in [2.24, 2.45) is 5.73 Å². The maximum absolute atomic E-state index is 6.01. The molecule has 1 aromatic rings. The second kappa shape index (κ2) is 9.57. The Balaban J connectivity index is 3.00. The van der Waals surface area contributed by atoms with E-state index in [1.807, 2.05) is 19.1 Å². The van der Waals surface area contributed by atoms with Crippen LogP contribution in [0.5, 0.6) is 11.5 Å². The molecular formula is C15H20BrCl2NO2. The Kier molecular flexibility index (Phi) is 8.49. The van der Waals surface area contributed by atoms with Crippen molar-refractivity contribution >= 4 is 39.1 Å². The van der Waals surface area contributed by atoms with Gasteiger partial charge in [0.1, 0.15) is 6.61 Å². The van der Waals surface area contributed by atoms with Crippen LogP contribution in [0.15, 0.2) is 27.2 Å². The van der Waals surface area contributed by atoms with E-state index in [9.17, 15) is 0 Å². The first-order valence-corrected chi connectivity index (χ1v) is 8.40. The van der Waals surface area contributed by atoms with Gasteiger partial charge in [0.05, 0.1) is 16.1 Å². The Morgan fingerprint density at radius 3 is 2.67 bits per heavy atom. The van der Waals surface area contributed by atoms with E-state index in [0.29, 0.717) is 23.1 Å². The number of hydrogen-bond acceptors (Lipinski definition) is 3. The van der Waals surface area contributed by atoms with Crippen molar-refractivity contribution in [1.29, 1.82) is 0 Å². The average Bonchev–Trinajstić information content (AvgIpc) is 2.46. The SMILES string of the molecule is CCOc1cc(CC(N)CC)cc(Br)c1OCC(Cl)=CCl. The van der Waals surface area contributed by atoms with Crippen LogP contribution in [0.3, 0.4) is 0 Å². The van der Waals surface area contributed by atoms with E-state index in [1.165, 1.54) is 5.54 Å². The smallest absolute Gasteiger partial charge is 0.175 e. The number of nitrogens with two attached hydrogens (primary N) is 1. The highest BCUT2D eigenvalue weighted by atomic mass is 79.9. The van der Waals surface area contributed by atoms with Gasteiger partial charge in [-0.05, 0) is 53.4 Å². The van der Waals surface area contributed by atoms with E-state index in [1.54, 1.807) is 0 Å². The third-order valence-electron chi connectivity index (χ3n) is 2.86. The van der Waals surface area contributed by atoms with Gasteiger partial charge in [-0.1, -0.05) is 30.1 Å². The van der Waals surface area contributed by atoms with Gasteiger partial charge >= 0.3 is 0 Å². The Hall–Kier alpha value is -0.420. The minimum Gasteiger partial charge on any atom is -0.490 e.